The van der Waals surface area contributed by atoms with E-state index in [4.69, 9.17) is 0 Å². The van der Waals surface area contributed by atoms with Crippen molar-refractivity contribution < 1.29 is 8.78 Å². The van der Waals surface area contributed by atoms with Crippen LogP contribution in [0.1, 0.15) is 12.8 Å². The van der Waals surface area contributed by atoms with E-state index in [1.807, 2.05) is 0 Å². The number of hydrogen-bond donors (Lipinski definition) is 1. The van der Waals surface area contributed by atoms with Crippen LogP contribution in [0, 0.1) is 0 Å². The van der Waals surface area contributed by atoms with Gasteiger partial charge in [-0.1, -0.05) is 18.2 Å². The average molecular weight is 173 g/mol. The minimum absolute atomic E-state index is 0.142. The third-order valence-electron chi connectivity index (χ3n) is 1.82. The van der Waals surface area contributed by atoms with E-state index in [-0.39, 0.29) is 12.1 Å². The van der Waals surface area contributed by atoms with Crippen LogP contribution in [0.25, 0.3) is 0 Å². The van der Waals surface area contributed by atoms with E-state index in [0.717, 1.165) is 12.8 Å². The summed E-state index contributed by atoms with van der Waals surface area (Å²) in [5.41, 5.74) is 0.142. The van der Waals surface area contributed by atoms with Gasteiger partial charge in [0, 0.05) is 5.57 Å². The zero-order valence-corrected chi connectivity index (χ0v) is 7.11. The molecule has 0 aromatic carbocycles. The highest BCUT2D eigenvalue weighted by atomic mass is 19.3. The molecule has 0 spiro atoms. The minimum atomic E-state index is -2.72. The average Bonchev–Trinajstić information content (AvgIpc) is 2.06. The predicted molar refractivity (Wildman–Crippen MR) is 45.3 cm³/mol. The number of alkyl halides is 2. The molecule has 0 radical (unpaired) electrons. The second kappa shape index (κ2) is 3.81. The van der Waals surface area contributed by atoms with Crippen LogP contribution in [-0.4, -0.2) is 19.5 Å². The second-order valence-electron chi connectivity index (χ2n) is 2.87. The summed E-state index contributed by atoms with van der Waals surface area (Å²) >= 11 is 0. The SMILES string of the molecule is CNCC(F)(F)C1=CCCC=C1. The highest BCUT2D eigenvalue weighted by Crippen LogP contribution is 2.27. The lowest BCUT2D eigenvalue weighted by Gasteiger charge is -2.18. The molecule has 1 aliphatic rings. The van der Waals surface area contributed by atoms with Crippen LogP contribution in [0.3, 0.4) is 0 Å². The lowest BCUT2D eigenvalue weighted by atomic mass is 10.0. The van der Waals surface area contributed by atoms with Crippen molar-refractivity contribution >= 4 is 0 Å². The van der Waals surface area contributed by atoms with E-state index < -0.39 is 5.92 Å². The van der Waals surface area contributed by atoms with Crippen molar-refractivity contribution in [2.45, 2.75) is 18.8 Å². The van der Waals surface area contributed by atoms with Gasteiger partial charge in [-0.2, -0.15) is 8.78 Å². The van der Waals surface area contributed by atoms with Crippen molar-refractivity contribution in [3.05, 3.63) is 23.8 Å². The molecule has 1 nitrogen and oxygen atoms in total. The largest absolute Gasteiger partial charge is 0.314 e. The predicted octanol–water partition coefficient (Wildman–Crippen LogP) is 2.12. The summed E-state index contributed by atoms with van der Waals surface area (Å²) in [6.07, 6.45) is 6.52. The Bertz CT molecular complexity index is 207. The highest BCUT2D eigenvalue weighted by Gasteiger charge is 2.31. The zero-order chi connectivity index (χ0) is 9.03. The number of rotatable bonds is 3. The summed E-state index contributed by atoms with van der Waals surface area (Å²) in [4.78, 5) is 0. The van der Waals surface area contributed by atoms with Crippen molar-refractivity contribution in [2.24, 2.45) is 0 Å². The smallest absolute Gasteiger partial charge is 0.285 e. The lowest BCUT2D eigenvalue weighted by molar-refractivity contribution is 0.0472. The molecule has 0 saturated carbocycles. The maximum Gasteiger partial charge on any atom is 0.285 e. The molecular weight excluding hydrogens is 160 g/mol. The third kappa shape index (κ3) is 2.14. The fraction of sp³-hybridized carbons (Fsp3) is 0.556. The van der Waals surface area contributed by atoms with Crippen LogP contribution in [0.5, 0.6) is 0 Å². The molecule has 0 aromatic heterocycles. The van der Waals surface area contributed by atoms with Gasteiger partial charge in [-0.3, -0.25) is 0 Å². The molecule has 1 N–H and O–H groups in total. The molecule has 0 aliphatic heterocycles. The molecule has 0 bridgehead atoms. The quantitative estimate of drug-likeness (QED) is 0.689. The normalized spacial score (nSPS) is 17.8. The van der Waals surface area contributed by atoms with Gasteiger partial charge in [0.1, 0.15) is 0 Å². The van der Waals surface area contributed by atoms with E-state index in [0.29, 0.717) is 0 Å². The first kappa shape index (κ1) is 9.39. The topological polar surface area (TPSA) is 12.0 Å². The molecule has 12 heavy (non-hydrogen) atoms. The molecule has 0 atom stereocenters. The molecule has 3 heteroatoms. The molecule has 1 rings (SSSR count). The van der Waals surface area contributed by atoms with Crippen LogP contribution in [0.4, 0.5) is 8.78 Å². The molecule has 0 aromatic rings. The maximum absolute atomic E-state index is 13.1. The maximum atomic E-state index is 13.1. The van der Waals surface area contributed by atoms with Gasteiger partial charge in [-0.25, -0.2) is 0 Å². The summed E-state index contributed by atoms with van der Waals surface area (Å²) in [5.74, 6) is -2.72. The molecule has 0 fully saturated rings. The first-order valence-electron chi connectivity index (χ1n) is 4.06. The molecule has 0 heterocycles. The molecule has 1 aliphatic carbocycles. The Hall–Kier alpha value is -0.700. The Morgan fingerprint density at radius 3 is 2.75 bits per heavy atom. The van der Waals surface area contributed by atoms with Crippen molar-refractivity contribution in [1.29, 1.82) is 0 Å². The van der Waals surface area contributed by atoms with Crippen molar-refractivity contribution in [3.8, 4) is 0 Å². The first-order chi connectivity index (χ1) is 5.67. The third-order valence-corrected chi connectivity index (χ3v) is 1.82. The summed E-state index contributed by atoms with van der Waals surface area (Å²) in [6, 6.07) is 0. The van der Waals surface area contributed by atoms with Crippen molar-refractivity contribution in [3.63, 3.8) is 0 Å². The fourth-order valence-corrected chi connectivity index (χ4v) is 1.21. The Morgan fingerprint density at radius 1 is 1.50 bits per heavy atom. The standard InChI is InChI=1S/C9H13F2N/c1-12-7-9(10,11)8-5-3-2-4-6-8/h3,5-6,12H,2,4,7H2,1H3. The zero-order valence-electron chi connectivity index (χ0n) is 7.11. The Kier molecular flexibility index (Phi) is 2.98. The molecule has 0 unspecified atom stereocenters. The number of halogens is 2. The van der Waals surface area contributed by atoms with Crippen LogP contribution in [0.2, 0.25) is 0 Å². The monoisotopic (exact) mass is 173 g/mol. The highest BCUT2D eigenvalue weighted by molar-refractivity contribution is 5.29. The van der Waals surface area contributed by atoms with Gasteiger partial charge >= 0.3 is 0 Å². The van der Waals surface area contributed by atoms with Crippen LogP contribution in [0.15, 0.2) is 23.8 Å². The van der Waals surface area contributed by atoms with Crippen LogP contribution < -0.4 is 5.32 Å². The van der Waals surface area contributed by atoms with Gasteiger partial charge in [0.25, 0.3) is 5.92 Å². The molecule has 68 valence electrons. The fourth-order valence-electron chi connectivity index (χ4n) is 1.21. The molecule has 0 saturated heterocycles. The van der Waals surface area contributed by atoms with Crippen LogP contribution >= 0.6 is 0 Å². The second-order valence-corrected chi connectivity index (χ2v) is 2.87. The summed E-state index contributed by atoms with van der Waals surface area (Å²) in [6.45, 7) is -0.289. The van der Waals surface area contributed by atoms with Gasteiger partial charge in [0.2, 0.25) is 0 Å². The number of allylic oxidation sites excluding steroid dienone is 3. The Balaban J connectivity index is 2.66. The van der Waals surface area contributed by atoms with Gasteiger partial charge in [0.15, 0.2) is 0 Å². The summed E-state index contributed by atoms with van der Waals surface area (Å²) < 4.78 is 26.3. The first-order valence-corrected chi connectivity index (χ1v) is 4.06. The van der Waals surface area contributed by atoms with Gasteiger partial charge < -0.3 is 5.32 Å². The Morgan fingerprint density at radius 2 is 2.25 bits per heavy atom. The van der Waals surface area contributed by atoms with Crippen LogP contribution in [-0.2, 0) is 0 Å². The van der Waals surface area contributed by atoms with E-state index in [1.165, 1.54) is 13.1 Å². The van der Waals surface area contributed by atoms with Gasteiger partial charge in [-0.15, -0.1) is 0 Å². The van der Waals surface area contributed by atoms with E-state index in [9.17, 15) is 8.78 Å². The minimum Gasteiger partial charge on any atom is -0.314 e. The molecular formula is C9H13F2N. The van der Waals surface area contributed by atoms with E-state index in [1.54, 1.807) is 12.2 Å². The molecule has 0 amide bonds. The van der Waals surface area contributed by atoms with E-state index >= 15 is 0 Å². The van der Waals surface area contributed by atoms with E-state index in [2.05, 4.69) is 5.32 Å². The Labute approximate surface area is 71.2 Å². The van der Waals surface area contributed by atoms with Gasteiger partial charge in [0.05, 0.1) is 6.54 Å². The van der Waals surface area contributed by atoms with Crippen molar-refractivity contribution in [1.82, 2.24) is 5.32 Å². The summed E-state index contributed by atoms with van der Waals surface area (Å²) in [7, 11) is 1.53. The van der Waals surface area contributed by atoms with Crippen molar-refractivity contribution in [2.75, 3.05) is 13.6 Å². The van der Waals surface area contributed by atoms with Gasteiger partial charge in [-0.05, 0) is 19.9 Å². The lowest BCUT2D eigenvalue weighted by Crippen LogP contribution is -2.32. The number of nitrogens with one attached hydrogen (secondary N) is 1. The number of hydrogen-bond acceptors (Lipinski definition) is 1. The summed E-state index contributed by atoms with van der Waals surface area (Å²) in [5, 5.41) is 2.48.